The van der Waals surface area contributed by atoms with Crippen molar-refractivity contribution in [1.29, 1.82) is 0 Å². The molecule has 0 unspecified atom stereocenters. The second-order valence-electron chi connectivity index (χ2n) is 4.82. The van der Waals surface area contributed by atoms with E-state index >= 15 is 0 Å². The van der Waals surface area contributed by atoms with Gasteiger partial charge in [0.15, 0.2) is 0 Å². The second kappa shape index (κ2) is 14.4. The predicted octanol–water partition coefficient (Wildman–Crippen LogP) is 3.73. The maximum absolute atomic E-state index is 11.4. The molecule has 0 aromatic rings. The number of allylic oxidation sites excluding steroid dienone is 1. The van der Waals surface area contributed by atoms with Gasteiger partial charge in [0.25, 0.3) is 0 Å². The predicted molar refractivity (Wildman–Crippen MR) is 84.6 cm³/mol. The van der Waals surface area contributed by atoms with Crippen LogP contribution in [0.2, 0.25) is 0 Å². The molecule has 0 aromatic heterocycles. The van der Waals surface area contributed by atoms with Crippen molar-refractivity contribution in [2.75, 3.05) is 0 Å². The molecule has 0 fully saturated rings. The maximum atomic E-state index is 11.4. The van der Waals surface area contributed by atoms with E-state index in [2.05, 4.69) is 30.3 Å². The number of carbonyl (C=O) groups excluding carboxylic acids is 1. The van der Waals surface area contributed by atoms with E-state index in [-0.39, 0.29) is 12.2 Å². The van der Waals surface area contributed by atoms with Crippen LogP contribution in [0.15, 0.2) is 12.7 Å². The summed E-state index contributed by atoms with van der Waals surface area (Å²) in [5.74, 6) is 9.87. The van der Waals surface area contributed by atoms with Crippen LogP contribution in [0.1, 0.15) is 64.2 Å². The number of hydrogen-bond donors (Lipinski definition) is 1. The van der Waals surface area contributed by atoms with Gasteiger partial charge in [0.1, 0.15) is 0 Å². The largest absolute Gasteiger partial charge is 0.481 e. The fourth-order valence-electron chi connectivity index (χ4n) is 1.69. The molecule has 3 heteroatoms. The number of aliphatic carboxylic acids is 1. The van der Waals surface area contributed by atoms with Crippen molar-refractivity contribution in [3.05, 3.63) is 12.7 Å². The molecule has 0 aliphatic heterocycles. The van der Waals surface area contributed by atoms with Gasteiger partial charge in [-0.3, -0.25) is 9.59 Å². The molecule has 0 saturated carbocycles. The number of rotatable bonds is 11. The molecule has 0 spiro atoms. The molecule has 0 amide bonds. The Hall–Kier alpha value is -2.00. The molecule has 0 rings (SSSR count). The quantitative estimate of drug-likeness (QED) is 0.273. The number of unbranched alkanes of at least 4 members (excludes halogenated alkanes) is 6. The van der Waals surface area contributed by atoms with Crippen LogP contribution in [0, 0.1) is 23.7 Å². The zero-order valence-corrected chi connectivity index (χ0v) is 12.6. The molecule has 0 aromatic carbocycles. The first-order valence-electron chi connectivity index (χ1n) is 7.51. The molecular weight excluding hydrogens is 264 g/mol. The first-order chi connectivity index (χ1) is 10.2. The summed E-state index contributed by atoms with van der Waals surface area (Å²) in [5.41, 5.74) is 0. The van der Waals surface area contributed by atoms with Crippen LogP contribution in [0.3, 0.4) is 0 Å². The van der Waals surface area contributed by atoms with Crippen molar-refractivity contribution in [2.24, 2.45) is 0 Å². The molecule has 0 saturated heterocycles. The lowest BCUT2D eigenvalue weighted by molar-refractivity contribution is -0.137. The molecule has 0 atom stereocenters. The molecule has 3 nitrogen and oxygen atoms in total. The van der Waals surface area contributed by atoms with Crippen LogP contribution < -0.4 is 0 Å². The Morgan fingerprint density at radius 3 is 2.33 bits per heavy atom. The smallest absolute Gasteiger partial charge is 0.303 e. The van der Waals surface area contributed by atoms with Gasteiger partial charge in [0.2, 0.25) is 5.78 Å². The van der Waals surface area contributed by atoms with E-state index in [0.717, 1.165) is 44.9 Å². The molecule has 0 heterocycles. The molecule has 0 radical (unpaired) electrons. The van der Waals surface area contributed by atoms with Gasteiger partial charge < -0.3 is 5.11 Å². The molecule has 21 heavy (non-hydrogen) atoms. The average Bonchev–Trinajstić information content (AvgIpc) is 2.45. The van der Waals surface area contributed by atoms with E-state index in [9.17, 15) is 9.59 Å². The van der Waals surface area contributed by atoms with E-state index in [1.807, 2.05) is 6.08 Å². The van der Waals surface area contributed by atoms with E-state index in [0.29, 0.717) is 12.8 Å². The van der Waals surface area contributed by atoms with E-state index in [1.54, 1.807) is 0 Å². The van der Waals surface area contributed by atoms with Gasteiger partial charge >= 0.3 is 5.97 Å². The highest BCUT2D eigenvalue weighted by Crippen LogP contribution is 2.05. The van der Waals surface area contributed by atoms with Gasteiger partial charge in [-0.2, -0.15) is 0 Å². The third-order valence-electron chi connectivity index (χ3n) is 2.86. The third-order valence-corrected chi connectivity index (χ3v) is 2.86. The maximum Gasteiger partial charge on any atom is 0.303 e. The summed E-state index contributed by atoms with van der Waals surface area (Å²) in [6, 6.07) is 0. The SMILES string of the molecule is C=CCCCCC#CC#CC(=O)CCCCCCC(=O)O. The summed E-state index contributed by atoms with van der Waals surface area (Å²) < 4.78 is 0. The topological polar surface area (TPSA) is 54.4 Å². The minimum Gasteiger partial charge on any atom is -0.481 e. The number of Topliss-reactive ketones (excluding diaryl/α,β-unsaturated/α-hetero) is 1. The molecule has 1 N–H and O–H groups in total. The highest BCUT2D eigenvalue weighted by molar-refractivity contribution is 5.95. The average molecular weight is 288 g/mol. The summed E-state index contributed by atoms with van der Waals surface area (Å²) in [7, 11) is 0. The van der Waals surface area contributed by atoms with Crippen LogP contribution in [-0.4, -0.2) is 16.9 Å². The first-order valence-corrected chi connectivity index (χ1v) is 7.51. The van der Waals surface area contributed by atoms with Crippen LogP contribution >= 0.6 is 0 Å². The molecule has 114 valence electrons. The third kappa shape index (κ3) is 15.9. The van der Waals surface area contributed by atoms with Crippen LogP contribution in [0.4, 0.5) is 0 Å². The molecule has 0 aliphatic rings. The van der Waals surface area contributed by atoms with Gasteiger partial charge in [-0.15, -0.1) is 6.58 Å². The number of carboxylic acid groups (broad SMARTS) is 1. The minimum absolute atomic E-state index is 0.0887. The fourth-order valence-corrected chi connectivity index (χ4v) is 1.69. The van der Waals surface area contributed by atoms with Gasteiger partial charge in [0.05, 0.1) is 0 Å². The van der Waals surface area contributed by atoms with Crippen molar-refractivity contribution in [3.8, 4) is 23.7 Å². The zero-order valence-electron chi connectivity index (χ0n) is 12.6. The van der Waals surface area contributed by atoms with Gasteiger partial charge in [0, 0.05) is 19.3 Å². The van der Waals surface area contributed by atoms with Gasteiger partial charge in [-0.1, -0.05) is 24.8 Å². The Bertz CT molecular complexity index is 441. The number of carboxylic acids is 1. The number of hydrogen-bond acceptors (Lipinski definition) is 2. The highest BCUT2D eigenvalue weighted by atomic mass is 16.4. The minimum atomic E-state index is -0.764. The lowest BCUT2D eigenvalue weighted by Crippen LogP contribution is -1.95. The summed E-state index contributed by atoms with van der Waals surface area (Å²) in [6.07, 6.45) is 9.63. The summed E-state index contributed by atoms with van der Waals surface area (Å²) in [6.45, 7) is 3.65. The van der Waals surface area contributed by atoms with Crippen molar-refractivity contribution in [3.63, 3.8) is 0 Å². The van der Waals surface area contributed by atoms with Crippen molar-refractivity contribution >= 4 is 11.8 Å². The Morgan fingerprint density at radius 2 is 1.67 bits per heavy atom. The van der Waals surface area contributed by atoms with Crippen LogP contribution in [0.25, 0.3) is 0 Å². The molecular formula is C18H24O3. The molecule has 0 aliphatic carbocycles. The van der Waals surface area contributed by atoms with Gasteiger partial charge in [-0.25, -0.2) is 0 Å². The lowest BCUT2D eigenvalue weighted by Gasteiger charge is -1.96. The van der Waals surface area contributed by atoms with E-state index < -0.39 is 5.97 Å². The van der Waals surface area contributed by atoms with Gasteiger partial charge in [-0.05, 0) is 49.9 Å². The van der Waals surface area contributed by atoms with E-state index in [1.165, 1.54) is 0 Å². The van der Waals surface area contributed by atoms with Crippen LogP contribution in [0.5, 0.6) is 0 Å². The van der Waals surface area contributed by atoms with Crippen LogP contribution in [-0.2, 0) is 9.59 Å². The Labute approximate surface area is 127 Å². The Morgan fingerprint density at radius 1 is 0.952 bits per heavy atom. The lowest BCUT2D eigenvalue weighted by atomic mass is 10.1. The highest BCUT2D eigenvalue weighted by Gasteiger charge is 1.99. The van der Waals surface area contributed by atoms with Crippen molar-refractivity contribution < 1.29 is 14.7 Å². The summed E-state index contributed by atoms with van der Waals surface area (Å²) in [4.78, 5) is 21.7. The normalized spacial score (nSPS) is 8.95. The first kappa shape index (κ1) is 19.0. The monoisotopic (exact) mass is 288 g/mol. The summed E-state index contributed by atoms with van der Waals surface area (Å²) >= 11 is 0. The Balaban J connectivity index is 3.57. The molecule has 0 bridgehead atoms. The summed E-state index contributed by atoms with van der Waals surface area (Å²) in [5, 5.41) is 8.47. The standard InChI is InChI=1S/C18H24O3/c1-2-3-4-5-6-7-8-11-14-17(19)15-12-9-10-13-16-18(20)21/h2H,1,3-6,9-10,12-13,15-16H2,(H,20,21). The van der Waals surface area contributed by atoms with Crippen molar-refractivity contribution in [1.82, 2.24) is 0 Å². The zero-order chi connectivity index (χ0) is 15.8. The Kier molecular flexibility index (Phi) is 13.0. The van der Waals surface area contributed by atoms with E-state index in [4.69, 9.17) is 5.11 Å². The number of ketones is 1. The fraction of sp³-hybridized carbons (Fsp3) is 0.556. The van der Waals surface area contributed by atoms with Crippen molar-refractivity contribution in [2.45, 2.75) is 64.2 Å². The second-order valence-corrected chi connectivity index (χ2v) is 4.82. The number of carbonyl (C=O) groups is 2.